The van der Waals surface area contributed by atoms with Crippen molar-refractivity contribution >= 4 is 0 Å². The Bertz CT molecular complexity index is 1220. The molecule has 42 heavy (non-hydrogen) atoms. The first kappa shape index (κ1) is 32.1. The molecule has 10 N–H and O–H groups in total. The predicted octanol–water partition coefficient (Wildman–Crippen LogP) is -2.26. The largest absolute Gasteiger partial charge is 0.461 e. The fraction of sp³-hybridized carbons (Fsp3) is 0.517. The van der Waals surface area contributed by atoms with Crippen LogP contribution in [0.5, 0.6) is 11.5 Å². The summed E-state index contributed by atoms with van der Waals surface area (Å²) < 4.78 is 22.4. The van der Waals surface area contributed by atoms with E-state index < -0.39 is 73.7 Å². The highest BCUT2D eigenvalue weighted by Gasteiger charge is 2.54. The van der Waals surface area contributed by atoms with Crippen LogP contribution in [-0.4, -0.2) is 115 Å². The van der Waals surface area contributed by atoms with Gasteiger partial charge in [-0.25, -0.2) is 0 Å². The van der Waals surface area contributed by atoms with Gasteiger partial charge in [0.2, 0.25) is 18.3 Å². The van der Waals surface area contributed by atoms with E-state index in [1.54, 1.807) is 50.2 Å². The number of hydrogen-bond donors (Lipinski definition) is 9. The molecule has 2 heterocycles. The third-order valence-corrected chi connectivity index (χ3v) is 7.46. The van der Waals surface area contributed by atoms with E-state index in [0.29, 0.717) is 28.0 Å². The predicted molar refractivity (Wildman–Crippen MR) is 145 cm³/mol. The lowest BCUT2D eigenvalue weighted by atomic mass is 9.88. The molecule has 2 saturated heterocycles. The van der Waals surface area contributed by atoms with Gasteiger partial charge in [0.1, 0.15) is 48.1 Å². The van der Waals surface area contributed by atoms with Crippen LogP contribution in [0.15, 0.2) is 36.4 Å². The lowest BCUT2D eigenvalue weighted by Crippen LogP contribution is -2.72. The van der Waals surface area contributed by atoms with Crippen LogP contribution < -0.4 is 15.2 Å². The van der Waals surface area contributed by atoms with E-state index in [1.165, 1.54) is 6.92 Å². The van der Waals surface area contributed by atoms with Gasteiger partial charge in [-0.15, -0.1) is 0 Å². The van der Waals surface area contributed by atoms with Crippen LogP contribution in [0.2, 0.25) is 0 Å². The highest BCUT2D eigenvalue weighted by molar-refractivity contribution is 5.49. The minimum atomic E-state index is -2.44. The first-order valence-corrected chi connectivity index (χ1v) is 13.3. The molecule has 0 spiro atoms. The van der Waals surface area contributed by atoms with Gasteiger partial charge in [0.05, 0.1) is 13.2 Å². The number of aliphatic hydroxyl groups is 8. The standard InChI is InChI=1S/C29H37NO12/c1-14-10-16(6-8-18(14)39-26-28(3,37)24(35)22(33)20(12-31)41-26)4-5-17-7-9-19(15(2)11-17)40-27-29(30,38)25(36)23(34)21(13-32)42-27/h6-11,20-27,31-38H,12-13,30H2,1-3H3/t20-,21-,22-,23-,24+,25+,26+,27+,28+,29+/m1/s1. The summed E-state index contributed by atoms with van der Waals surface area (Å²) in [7, 11) is 0. The number of aryl methyl sites for hydroxylation is 2. The maximum Gasteiger partial charge on any atom is 0.245 e. The third kappa shape index (κ3) is 6.25. The SMILES string of the molecule is Cc1cc(C#Cc2ccc(O[C@H]3O[C@H](CO)[C@@H](O)[C@H](O)[C@]3(N)O)c(C)c2)ccc1O[C@H]1O[C@H](CO)[C@@H](O)[C@H](O)[C@]1(C)O. The van der Waals surface area contributed by atoms with E-state index >= 15 is 0 Å². The van der Waals surface area contributed by atoms with Crippen LogP contribution in [-0.2, 0) is 9.47 Å². The number of hydrogen-bond acceptors (Lipinski definition) is 13. The number of benzene rings is 2. The molecule has 4 rings (SSSR count). The van der Waals surface area contributed by atoms with Crippen LogP contribution in [0.1, 0.15) is 29.2 Å². The summed E-state index contributed by atoms with van der Waals surface area (Å²) in [6.07, 6.45) is -11.8. The molecule has 2 aliphatic rings. The molecule has 0 aliphatic carbocycles. The van der Waals surface area contributed by atoms with E-state index in [-0.39, 0.29) is 5.75 Å². The van der Waals surface area contributed by atoms with E-state index in [1.807, 2.05) is 0 Å². The molecular formula is C29H37NO12. The zero-order chi connectivity index (χ0) is 31.0. The Morgan fingerprint density at radius 2 is 1.19 bits per heavy atom. The Kier molecular flexibility index (Phi) is 9.48. The van der Waals surface area contributed by atoms with Gasteiger partial charge in [-0.05, 0) is 68.3 Å². The Morgan fingerprint density at radius 3 is 1.64 bits per heavy atom. The number of ether oxygens (including phenoxy) is 4. The molecule has 2 aromatic carbocycles. The third-order valence-electron chi connectivity index (χ3n) is 7.46. The summed E-state index contributed by atoms with van der Waals surface area (Å²) in [5.41, 5.74) is 3.90. The van der Waals surface area contributed by atoms with Gasteiger partial charge < -0.3 is 59.8 Å². The smallest absolute Gasteiger partial charge is 0.245 e. The first-order chi connectivity index (χ1) is 19.7. The molecule has 2 aliphatic heterocycles. The molecule has 0 unspecified atom stereocenters. The molecule has 0 bridgehead atoms. The van der Waals surface area contributed by atoms with Crippen molar-refractivity contribution in [2.24, 2.45) is 5.73 Å². The Balaban J connectivity index is 1.46. The summed E-state index contributed by atoms with van der Waals surface area (Å²) in [6, 6.07) is 10.0. The fourth-order valence-electron chi connectivity index (χ4n) is 4.70. The van der Waals surface area contributed by atoms with Gasteiger partial charge in [-0.3, -0.25) is 5.73 Å². The average Bonchev–Trinajstić information content (AvgIpc) is 2.95. The lowest BCUT2D eigenvalue weighted by molar-refractivity contribution is -0.319. The van der Waals surface area contributed by atoms with Crippen molar-refractivity contribution in [2.75, 3.05) is 13.2 Å². The summed E-state index contributed by atoms with van der Waals surface area (Å²) >= 11 is 0. The first-order valence-electron chi connectivity index (χ1n) is 13.3. The molecule has 2 aromatic rings. The highest BCUT2D eigenvalue weighted by atomic mass is 16.7. The van der Waals surface area contributed by atoms with Gasteiger partial charge in [-0.1, -0.05) is 11.8 Å². The molecule has 10 atom stereocenters. The zero-order valence-corrected chi connectivity index (χ0v) is 23.3. The summed E-state index contributed by atoms with van der Waals surface area (Å²) in [6.45, 7) is 3.55. The maximum atomic E-state index is 10.7. The van der Waals surface area contributed by atoms with Crippen LogP contribution in [0, 0.1) is 25.7 Å². The van der Waals surface area contributed by atoms with E-state index in [0.717, 1.165) is 0 Å². The van der Waals surface area contributed by atoms with Gasteiger partial charge >= 0.3 is 0 Å². The second-order valence-corrected chi connectivity index (χ2v) is 10.8. The van der Waals surface area contributed by atoms with Crippen molar-refractivity contribution < 1.29 is 59.8 Å². The topological polar surface area (TPSA) is 225 Å². The zero-order valence-electron chi connectivity index (χ0n) is 23.3. The summed E-state index contributed by atoms with van der Waals surface area (Å²) in [5, 5.41) is 80.4. The number of rotatable bonds is 6. The Labute approximate surface area is 242 Å². The van der Waals surface area contributed by atoms with Gasteiger partial charge in [-0.2, -0.15) is 0 Å². The van der Waals surface area contributed by atoms with Crippen molar-refractivity contribution in [3.05, 3.63) is 58.7 Å². The summed E-state index contributed by atoms with van der Waals surface area (Å²) in [5.74, 6) is 6.68. The normalized spacial score (nSPS) is 36.6. The molecule has 0 amide bonds. The Morgan fingerprint density at radius 1 is 0.762 bits per heavy atom. The molecule has 230 valence electrons. The van der Waals surface area contributed by atoms with Crippen LogP contribution >= 0.6 is 0 Å². The van der Waals surface area contributed by atoms with Crippen molar-refractivity contribution in [1.29, 1.82) is 0 Å². The maximum absolute atomic E-state index is 10.7. The fourth-order valence-corrected chi connectivity index (χ4v) is 4.70. The minimum absolute atomic E-state index is 0.272. The quantitative estimate of drug-likeness (QED) is 0.128. The molecule has 13 nitrogen and oxygen atoms in total. The molecule has 2 fully saturated rings. The minimum Gasteiger partial charge on any atom is -0.461 e. The van der Waals surface area contributed by atoms with Crippen molar-refractivity contribution in [1.82, 2.24) is 0 Å². The van der Waals surface area contributed by atoms with Gasteiger partial charge in [0.25, 0.3) is 0 Å². The lowest BCUT2D eigenvalue weighted by Gasteiger charge is -2.45. The molecule has 0 radical (unpaired) electrons. The Hall–Kier alpha value is -2.84. The molecule has 0 aromatic heterocycles. The number of aliphatic hydroxyl groups excluding tert-OH is 6. The van der Waals surface area contributed by atoms with Crippen molar-refractivity contribution in [3.8, 4) is 23.3 Å². The highest BCUT2D eigenvalue weighted by Crippen LogP contribution is 2.33. The van der Waals surface area contributed by atoms with Crippen LogP contribution in [0.25, 0.3) is 0 Å². The van der Waals surface area contributed by atoms with E-state index in [9.17, 15) is 40.9 Å². The monoisotopic (exact) mass is 591 g/mol. The van der Waals surface area contributed by atoms with E-state index in [2.05, 4.69) is 11.8 Å². The van der Waals surface area contributed by atoms with Crippen molar-refractivity contribution in [2.45, 2.75) is 81.3 Å². The van der Waals surface area contributed by atoms with Crippen LogP contribution in [0.4, 0.5) is 0 Å². The van der Waals surface area contributed by atoms with Crippen molar-refractivity contribution in [3.63, 3.8) is 0 Å². The molecular weight excluding hydrogens is 554 g/mol. The average molecular weight is 592 g/mol. The second-order valence-electron chi connectivity index (χ2n) is 10.8. The van der Waals surface area contributed by atoms with Gasteiger partial charge in [0.15, 0.2) is 5.60 Å². The summed E-state index contributed by atoms with van der Waals surface area (Å²) in [4.78, 5) is 0. The van der Waals surface area contributed by atoms with Gasteiger partial charge in [0, 0.05) is 11.1 Å². The van der Waals surface area contributed by atoms with Crippen LogP contribution in [0.3, 0.4) is 0 Å². The molecule has 13 heteroatoms. The second kappa shape index (κ2) is 12.4. The van der Waals surface area contributed by atoms with E-state index in [4.69, 9.17) is 24.7 Å². The molecule has 0 saturated carbocycles. The number of nitrogens with two attached hydrogens (primary N) is 1.